The third-order valence-electron chi connectivity index (χ3n) is 6.44. The molecule has 170 valence electrons. The van der Waals surface area contributed by atoms with Crippen LogP contribution in [0.4, 0.5) is 0 Å². The molecule has 1 saturated carbocycles. The maximum Gasteiger partial charge on any atom is 0.243 e. The smallest absolute Gasteiger partial charge is 0.243 e. The molecular formula is C25H26ClN5OS. The Morgan fingerprint density at radius 1 is 1.15 bits per heavy atom. The summed E-state index contributed by atoms with van der Waals surface area (Å²) in [6, 6.07) is 7.57. The molecule has 1 aliphatic heterocycles. The molecule has 6 nitrogen and oxygen atoms in total. The predicted molar refractivity (Wildman–Crippen MR) is 133 cm³/mol. The maximum atomic E-state index is 12.6. The number of nitrogens with zero attached hydrogens (tertiary/aromatic N) is 4. The highest BCUT2D eigenvalue weighted by Crippen LogP contribution is 2.39. The lowest BCUT2D eigenvalue weighted by Crippen LogP contribution is -2.31. The van der Waals surface area contributed by atoms with E-state index in [-0.39, 0.29) is 11.9 Å². The van der Waals surface area contributed by atoms with Gasteiger partial charge in [0.05, 0.1) is 5.71 Å². The van der Waals surface area contributed by atoms with Crippen LogP contribution in [-0.4, -0.2) is 32.4 Å². The molecule has 0 spiro atoms. The molecule has 3 heterocycles. The first-order chi connectivity index (χ1) is 15.9. The molecule has 0 radical (unpaired) electrons. The number of carbonyl (C=O) groups excluding carboxylic acids is 1. The van der Waals surface area contributed by atoms with Gasteiger partial charge in [-0.05, 0) is 57.4 Å². The predicted octanol–water partition coefficient (Wildman–Crippen LogP) is 5.41. The third kappa shape index (κ3) is 4.15. The van der Waals surface area contributed by atoms with E-state index in [4.69, 9.17) is 16.6 Å². The Kier molecular flexibility index (Phi) is 5.93. The van der Waals surface area contributed by atoms with Crippen LogP contribution in [0.25, 0.3) is 5.00 Å². The van der Waals surface area contributed by atoms with Crippen LogP contribution in [0.1, 0.15) is 64.9 Å². The monoisotopic (exact) mass is 479 g/mol. The van der Waals surface area contributed by atoms with E-state index in [0.29, 0.717) is 10.8 Å². The average molecular weight is 480 g/mol. The Morgan fingerprint density at radius 3 is 2.61 bits per heavy atom. The fourth-order valence-corrected chi connectivity index (χ4v) is 5.92. The molecule has 1 unspecified atom stereocenters. The Bertz CT molecular complexity index is 1260. The van der Waals surface area contributed by atoms with E-state index in [2.05, 4.69) is 33.9 Å². The SMILES string of the molecule is Cc1sc2c(c1C)C(c1ccc(Cl)cc1)=NC(/C=C/C(=O)NC1CCCC1)c1nnc(C)n1-2. The van der Waals surface area contributed by atoms with E-state index < -0.39 is 6.04 Å². The van der Waals surface area contributed by atoms with Gasteiger partial charge in [-0.2, -0.15) is 0 Å². The van der Waals surface area contributed by atoms with Crippen LogP contribution >= 0.6 is 22.9 Å². The number of halogens is 1. The van der Waals surface area contributed by atoms with Crippen molar-refractivity contribution in [2.75, 3.05) is 0 Å². The van der Waals surface area contributed by atoms with E-state index in [0.717, 1.165) is 40.5 Å². The van der Waals surface area contributed by atoms with Gasteiger partial charge >= 0.3 is 0 Å². The summed E-state index contributed by atoms with van der Waals surface area (Å²) >= 11 is 7.88. The Hall–Kier alpha value is -2.77. The summed E-state index contributed by atoms with van der Waals surface area (Å²) in [5, 5.41) is 13.7. The number of aryl methyl sites for hydroxylation is 2. The Morgan fingerprint density at radius 2 is 1.88 bits per heavy atom. The van der Waals surface area contributed by atoms with Gasteiger partial charge < -0.3 is 5.32 Å². The number of aliphatic imine (C=N–C) groups is 1. The van der Waals surface area contributed by atoms with Crippen LogP contribution in [0.2, 0.25) is 5.02 Å². The summed E-state index contributed by atoms with van der Waals surface area (Å²) in [5.74, 6) is 1.43. The fraction of sp³-hybridized carbons (Fsp3) is 0.360. The number of benzene rings is 1. The zero-order chi connectivity index (χ0) is 23.1. The summed E-state index contributed by atoms with van der Waals surface area (Å²) in [5.41, 5.74) is 4.12. The van der Waals surface area contributed by atoms with Gasteiger partial charge in [0.1, 0.15) is 16.9 Å². The molecule has 1 atom stereocenters. The van der Waals surface area contributed by atoms with Crippen LogP contribution in [0.5, 0.6) is 0 Å². The van der Waals surface area contributed by atoms with Crippen molar-refractivity contribution in [2.45, 2.75) is 58.5 Å². The first kappa shape index (κ1) is 22.0. The minimum Gasteiger partial charge on any atom is -0.350 e. The number of carbonyl (C=O) groups is 1. The maximum absolute atomic E-state index is 12.6. The first-order valence-corrected chi connectivity index (χ1v) is 12.5. The Labute approximate surface area is 202 Å². The summed E-state index contributed by atoms with van der Waals surface area (Å²) < 4.78 is 2.08. The largest absolute Gasteiger partial charge is 0.350 e. The zero-order valence-corrected chi connectivity index (χ0v) is 20.5. The molecule has 8 heteroatoms. The standard InChI is InChI=1S/C25H26ClN5OS/c1-14-15(2)33-25-22(14)23(17-8-10-18(26)11-9-17)28-20(24-30-29-16(3)31(24)25)12-13-21(32)27-19-6-4-5-7-19/h8-13,19-20H,4-7H2,1-3H3,(H,27,32)/b13-12+. The molecule has 1 amide bonds. The lowest BCUT2D eigenvalue weighted by molar-refractivity contribution is -0.117. The van der Waals surface area contributed by atoms with Crippen molar-refractivity contribution < 1.29 is 4.79 Å². The van der Waals surface area contributed by atoms with Crippen LogP contribution in [0, 0.1) is 20.8 Å². The number of hydrogen-bond donors (Lipinski definition) is 1. The molecule has 2 aliphatic rings. The average Bonchev–Trinajstić information content (AvgIpc) is 3.48. The first-order valence-electron chi connectivity index (χ1n) is 11.3. The summed E-state index contributed by atoms with van der Waals surface area (Å²) in [7, 11) is 0. The van der Waals surface area contributed by atoms with Gasteiger partial charge in [0.15, 0.2) is 5.82 Å². The van der Waals surface area contributed by atoms with Crippen molar-refractivity contribution in [1.82, 2.24) is 20.1 Å². The number of amides is 1. The van der Waals surface area contributed by atoms with E-state index in [1.165, 1.54) is 23.3 Å². The molecule has 5 rings (SSSR count). The highest BCUT2D eigenvalue weighted by Gasteiger charge is 2.30. The van der Waals surface area contributed by atoms with Crippen LogP contribution in [0.15, 0.2) is 41.4 Å². The van der Waals surface area contributed by atoms with E-state index in [1.807, 2.05) is 37.3 Å². The Balaban J connectivity index is 1.61. The van der Waals surface area contributed by atoms with E-state index >= 15 is 0 Å². The highest BCUT2D eigenvalue weighted by atomic mass is 35.5. The van der Waals surface area contributed by atoms with Gasteiger partial charge in [0.25, 0.3) is 0 Å². The quantitative estimate of drug-likeness (QED) is 0.508. The molecule has 1 N–H and O–H groups in total. The molecule has 1 fully saturated rings. The van der Waals surface area contributed by atoms with Gasteiger partial charge in [-0.25, -0.2) is 0 Å². The minimum atomic E-state index is -0.439. The summed E-state index contributed by atoms with van der Waals surface area (Å²) in [6.07, 6.45) is 7.88. The van der Waals surface area contributed by atoms with Crippen molar-refractivity contribution >= 4 is 34.6 Å². The third-order valence-corrected chi connectivity index (χ3v) is 7.88. The van der Waals surface area contributed by atoms with Crippen LogP contribution < -0.4 is 5.32 Å². The van der Waals surface area contributed by atoms with E-state index in [9.17, 15) is 4.79 Å². The van der Waals surface area contributed by atoms with Gasteiger partial charge in [-0.3, -0.25) is 14.4 Å². The lowest BCUT2D eigenvalue weighted by Gasteiger charge is -2.11. The number of fused-ring (bicyclic) bond motifs is 3. The molecule has 1 aromatic carbocycles. The van der Waals surface area contributed by atoms with Crippen molar-refractivity contribution in [1.29, 1.82) is 0 Å². The number of aromatic nitrogens is 3. The summed E-state index contributed by atoms with van der Waals surface area (Å²) in [6.45, 7) is 6.20. The van der Waals surface area contributed by atoms with Crippen molar-refractivity contribution in [3.63, 3.8) is 0 Å². The molecule has 1 aliphatic carbocycles. The number of hydrogen-bond acceptors (Lipinski definition) is 5. The summed E-state index contributed by atoms with van der Waals surface area (Å²) in [4.78, 5) is 19.0. The van der Waals surface area contributed by atoms with Crippen molar-refractivity contribution in [3.05, 3.63) is 74.7 Å². The molecule has 0 bridgehead atoms. The van der Waals surface area contributed by atoms with Crippen LogP contribution in [0.3, 0.4) is 0 Å². The van der Waals surface area contributed by atoms with Gasteiger partial charge in [0.2, 0.25) is 5.91 Å². The number of nitrogens with one attached hydrogen (secondary N) is 1. The molecule has 33 heavy (non-hydrogen) atoms. The minimum absolute atomic E-state index is 0.0843. The van der Waals surface area contributed by atoms with Gasteiger partial charge in [-0.1, -0.05) is 36.6 Å². The zero-order valence-electron chi connectivity index (χ0n) is 18.9. The van der Waals surface area contributed by atoms with Crippen molar-refractivity contribution in [3.8, 4) is 5.00 Å². The van der Waals surface area contributed by atoms with Crippen LogP contribution in [-0.2, 0) is 4.79 Å². The number of rotatable bonds is 4. The van der Waals surface area contributed by atoms with Crippen molar-refractivity contribution in [2.24, 2.45) is 4.99 Å². The van der Waals surface area contributed by atoms with Gasteiger partial charge in [0, 0.05) is 33.1 Å². The lowest BCUT2D eigenvalue weighted by atomic mass is 10.00. The molecule has 2 aromatic heterocycles. The second-order valence-electron chi connectivity index (χ2n) is 8.68. The highest BCUT2D eigenvalue weighted by molar-refractivity contribution is 7.15. The normalized spacial score (nSPS) is 18.2. The topological polar surface area (TPSA) is 72.2 Å². The molecule has 3 aromatic rings. The van der Waals surface area contributed by atoms with E-state index in [1.54, 1.807) is 17.4 Å². The molecule has 0 saturated heterocycles. The molecular weight excluding hydrogens is 454 g/mol. The van der Waals surface area contributed by atoms with Gasteiger partial charge in [-0.15, -0.1) is 21.5 Å². The fourth-order valence-electron chi connectivity index (χ4n) is 4.58. The number of thiophene rings is 1. The second-order valence-corrected chi connectivity index (χ2v) is 10.3. The second kappa shape index (κ2) is 8.88.